The number of halogens is 2. The first-order chi connectivity index (χ1) is 10.6. The van der Waals surface area contributed by atoms with Crippen molar-refractivity contribution in [3.05, 3.63) is 33.8 Å². The van der Waals surface area contributed by atoms with Gasteiger partial charge < -0.3 is 5.32 Å². The molecule has 3 nitrogen and oxygen atoms in total. The van der Waals surface area contributed by atoms with Crippen LogP contribution in [0.25, 0.3) is 0 Å². The molecule has 0 aliphatic carbocycles. The average molecular weight is 343 g/mol. The van der Waals surface area contributed by atoms with E-state index in [1.807, 2.05) is 18.2 Å². The molecule has 1 amide bonds. The second kappa shape index (κ2) is 8.76. The first-order valence-corrected chi connectivity index (χ1v) is 8.80. The van der Waals surface area contributed by atoms with Gasteiger partial charge in [0.15, 0.2) is 0 Å². The molecule has 0 aromatic heterocycles. The first kappa shape index (κ1) is 17.6. The maximum Gasteiger partial charge on any atom is 0.224 e. The lowest BCUT2D eigenvalue weighted by molar-refractivity contribution is -0.126. The van der Waals surface area contributed by atoms with Crippen molar-refractivity contribution in [2.24, 2.45) is 5.92 Å². The van der Waals surface area contributed by atoms with Crippen molar-refractivity contribution in [1.82, 2.24) is 10.2 Å². The largest absolute Gasteiger partial charge is 0.356 e. The van der Waals surface area contributed by atoms with E-state index < -0.39 is 0 Å². The van der Waals surface area contributed by atoms with E-state index in [1.54, 1.807) is 0 Å². The fourth-order valence-corrected chi connectivity index (χ4v) is 3.37. The topological polar surface area (TPSA) is 32.3 Å². The molecule has 1 aliphatic rings. The molecule has 1 N–H and O–H groups in total. The number of nitrogens with one attached hydrogen (secondary N) is 1. The number of hydrogen-bond acceptors (Lipinski definition) is 2. The van der Waals surface area contributed by atoms with E-state index in [9.17, 15) is 4.79 Å². The zero-order valence-electron chi connectivity index (χ0n) is 13.1. The van der Waals surface area contributed by atoms with E-state index in [-0.39, 0.29) is 11.8 Å². The minimum absolute atomic E-state index is 0.0758. The lowest BCUT2D eigenvalue weighted by Gasteiger charge is -2.32. The lowest BCUT2D eigenvalue weighted by atomic mass is 9.96. The van der Waals surface area contributed by atoms with Gasteiger partial charge in [-0.05, 0) is 37.9 Å². The summed E-state index contributed by atoms with van der Waals surface area (Å²) in [6, 6.07) is 5.58. The van der Waals surface area contributed by atoms with Gasteiger partial charge in [-0.2, -0.15) is 0 Å². The highest BCUT2D eigenvalue weighted by Crippen LogP contribution is 2.27. The maximum absolute atomic E-state index is 12.2. The molecule has 0 radical (unpaired) electrons. The van der Waals surface area contributed by atoms with Gasteiger partial charge in [0.2, 0.25) is 5.91 Å². The number of carbonyl (C=O) groups excluding carboxylic acids is 1. The summed E-state index contributed by atoms with van der Waals surface area (Å²) in [5, 5.41) is 4.44. The van der Waals surface area contributed by atoms with Crippen molar-refractivity contribution in [3.63, 3.8) is 0 Å². The Kier molecular flexibility index (Phi) is 7.00. The molecule has 5 heteroatoms. The molecule has 0 spiro atoms. The average Bonchev–Trinajstić information content (AvgIpc) is 2.51. The number of benzene rings is 1. The summed E-state index contributed by atoms with van der Waals surface area (Å²) >= 11 is 12.5. The van der Waals surface area contributed by atoms with Gasteiger partial charge in [-0.1, -0.05) is 42.6 Å². The Morgan fingerprint density at radius 1 is 1.36 bits per heavy atom. The van der Waals surface area contributed by atoms with Crippen LogP contribution < -0.4 is 5.32 Å². The molecule has 1 heterocycles. The van der Waals surface area contributed by atoms with E-state index in [4.69, 9.17) is 23.2 Å². The Hall–Kier alpha value is -0.770. The number of amides is 1. The number of rotatable bonds is 6. The molecule has 122 valence electrons. The van der Waals surface area contributed by atoms with Gasteiger partial charge in [0.05, 0.1) is 5.92 Å². The Balaban J connectivity index is 1.92. The fraction of sp³-hybridized carbons (Fsp3) is 0.588. The van der Waals surface area contributed by atoms with Crippen LogP contribution in [0.2, 0.25) is 10.0 Å². The molecule has 1 atom stereocenters. The zero-order chi connectivity index (χ0) is 15.9. The minimum Gasteiger partial charge on any atom is -0.356 e. The summed E-state index contributed by atoms with van der Waals surface area (Å²) in [6.07, 6.45) is 4.14. The smallest absolute Gasteiger partial charge is 0.224 e. The molecular formula is C17H24Cl2N2O. The molecule has 22 heavy (non-hydrogen) atoms. The van der Waals surface area contributed by atoms with Crippen LogP contribution in [0, 0.1) is 5.92 Å². The number of carbonyl (C=O) groups is 1. The van der Waals surface area contributed by atoms with Crippen molar-refractivity contribution in [2.45, 2.75) is 39.2 Å². The quantitative estimate of drug-likeness (QED) is 0.788. The van der Waals surface area contributed by atoms with Gasteiger partial charge in [-0.25, -0.2) is 0 Å². The van der Waals surface area contributed by atoms with Gasteiger partial charge in [0.1, 0.15) is 0 Å². The molecule has 1 fully saturated rings. The molecule has 0 saturated carbocycles. The van der Waals surface area contributed by atoms with Gasteiger partial charge in [0, 0.05) is 35.2 Å². The number of unbranched alkanes of at least 4 members (excludes halogenated alkanes) is 1. The van der Waals surface area contributed by atoms with Gasteiger partial charge >= 0.3 is 0 Å². The highest BCUT2D eigenvalue weighted by Gasteiger charge is 2.26. The van der Waals surface area contributed by atoms with Gasteiger partial charge in [-0.3, -0.25) is 9.69 Å². The predicted molar refractivity (Wildman–Crippen MR) is 92.4 cm³/mol. The Bertz CT molecular complexity index is 487. The van der Waals surface area contributed by atoms with Gasteiger partial charge in [-0.15, -0.1) is 0 Å². The summed E-state index contributed by atoms with van der Waals surface area (Å²) in [7, 11) is 0. The van der Waals surface area contributed by atoms with Crippen LogP contribution in [0.3, 0.4) is 0 Å². The second-order valence-corrected chi connectivity index (χ2v) is 6.73. The predicted octanol–water partition coefficient (Wildman–Crippen LogP) is 4.12. The number of hydrogen-bond donors (Lipinski definition) is 1. The maximum atomic E-state index is 12.2. The Labute approximate surface area is 143 Å². The normalized spacial score (nSPS) is 19.1. The highest BCUT2D eigenvalue weighted by atomic mass is 35.5. The van der Waals surface area contributed by atoms with E-state index >= 15 is 0 Å². The third kappa shape index (κ3) is 4.87. The van der Waals surface area contributed by atoms with E-state index in [0.717, 1.165) is 50.9 Å². The monoisotopic (exact) mass is 342 g/mol. The van der Waals surface area contributed by atoms with Crippen LogP contribution in [0.15, 0.2) is 18.2 Å². The van der Waals surface area contributed by atoms with E-state index in [0.29, 0.717) is 16.6 Å². The zero-order valence-corrected chi connectivity index (χ0v) is 14.6. The third-order valence-corrected chi connectivity index (χ3v) is 4.86. The van der Waals surface area contributed by atoms with Crippen LogP contribution in [-0.2, 0) is 11.3 Å². The van der Waals surface area contributed by atoms with E-state index in [1.165, 1.54) is 0 Å². The highest BCUT2D eigenvalue weighted by molar-refractivity contribution is 6.35. The summed E-state index contributed by atoms with van der Waals surface area (Å²) in [5.74, 6) is 0.260. The molecule has 1 unspecified atom stereocenters. The third-order valence-electron chi connectivity index (χ3n) is 4.15. The molecule has 0 bridgehead atoms. The van der Waals surface area contributed by atoms with E-state index in [2.05, 4.69) is 17.1 Å². The second-order valence-electron chi connectivity index (χ2n) is 5.92. The molecule has 1 aromatic rings. The van der Waals surface area contributed by atoms with Crippen molar-refractivity contribution in [1.29, 1.82) is 0 Å². The van der Waals surface area contributed by atoms with Crippen molar-refractivity contribution in [3.8, 4) is 0 Å². The molecule has 1 aliphatic heterocycles. The van der Waals surface area contributed by atoms with Crippen LogP contribution in [-0.4, -0.2) is 30.4 Å². The summed E-state index contributed by atoms with van der Waals surface area (Å²) in [5.41, 5.74) is 0.956. The number of likely N-dealkylation sites (tertiary alicyclic amines) is 1. The summed E-state index contributed by atoms with van der Waals surface area (Å²) < 4.78 is 0. The summed E-state index contributed by atoms with van der Waals surface area (Å²) in [4.78, 5) is 14.5. The van der Waals surface area contributed by atoms with Crippen LogP contribution in [0.5, 0.6) is 0 Å². The Morgan fingerprint density at radius 2 is 2.09 bits per heavy atom. The molecule has 1 saturated heterocycles. The summed E-state index contributed by atoms with van der Waals surface area (Å²) in [6.45, 7) is 5.38. The van der Waals surface area contributed by atoms with Crippen molar-refractivity contribution in [2.75, 3.05) is 19.6 Å². The lowest BCUT2D eigenvalue weighted by Crippen LogP contribution is -2.43. The Morgan fingerprint density at radius 3 is 2.77 bits per heavy atom. The van der Waals surface area contributed by atoms with Crippen molar-refractivity contribution >= 4 is 29.1 Å². The molecule has 2 rings (SSSR count). The van der Waals surface area contributed by atoms with Crippen LogP contribution in [0.4, 0.5) is 0 Å². The number of piperidine rings is 1. The SMILES string of the molecule is CCCCNC(=O)C1CCCN(Cc2c(Cl)cccc2Cl)C1. The van der Waals surface area contributed by atoms with Crippen LogP contribution >= 0.6 is 23.2 Å². The fourth-order valence-electron chi connectivity index (χ4n) is 2.85. The standard InChI is InChI=1S/C17H24Cl2N2O/c1-2-3-9-20-17(22)13-6-5-10-21(11-13)12-14-15(18)7-4-8-16(14)19/h4,7-8,13H,2-3,5-6,9-12H2,1H3,(H,20,22). The molecular weight excluding hydrogens is 319 g/mol. The molecule has 1 aromatic carbocycles. The van der Waals surface area contributed by atoms with Crippen LogP contribution in [0.1, 0.15) is 38.2 Å². The minimum atomic E-state index is 0.0758. The first-order valence-electron chi connectivity index (χ1n) is 8.04. The number of nitrogens with zero attached hydrogens (tertiary/aromatic N) is 1. The van der Waals surface area contributed by atoms with Crippen molar-refractivity contribution < 1.29 is 4.79 Å². The van der Waals surface area contributed by atoms with Gasteiger partial charge in [0.25, 0.3) is 0 Å².